The van der Waals surface area contributed by atoms with E-state index in [9.17, 15) is 10.0 Å². The summed E-state index contributed by atoms with van der Waals surface area (Å²) >= 11 is 1.61. The number of nitrogens with zero attached hydrogens (tertiary/aromatic N) is 4. The van der Waals surface area contributed by atoms with Gasteiger partial charge >= 0.3 is 6.03 Å². The normalized spacial score (nSPS) is 10.7. The van der Waals surface area contributed by atoms with Crippen molar-refractivity contribution in [3.8, 4) is 21.7 Å². The Labute approximate surface area is 209 Å². The molecule has 2 aromatic carbocycles. The summed E-state index contributed by atoms with van der Waals surface area (Å²) in [7, 11) is 0. The van der Waals surface area contributed by atoms with Gasteiger partial charge in [-0.3, -0.25) is 10.2 Å². The maximum atomic E-state index is 12.7. The quantitative estimate of drug-likeness (QED) is 0.210. The summed E-state index contributed by atoms with van der Waals surface area (Å²) in [4.78, 5) is 25.0. The molecular weight excluding hydrogens is 458 g/mol. The summed E-state index contributed by atoms with van der Waals surface area (Å²) in [6.45, 7) is 8.03. The molecule has 0 aliphatic carbocycles. The molecular formula is C27H29N5O2S. The van der Waals surface area contributed by atoms with Crippen molar-refractivity contribution >= 4 is 33.9 Å². The van der Waals surface area contributed by atoms with Crippen molar-refractivity contribution in [2.24, 2.45) is 0 Å². The van der Waals surface area contributed by atoms with Crippen LogP contribution in [0.5, 0.6) is 0 Å². The van der Waals surface area contributed by atoms with E-state index >= 15 is 0 Å². The molecule has 35 heavy (non-hydrogen) atoms. The number of carbonyl (C=O) groups is 1. The van der Waals surface area contributed by atoms with E-state index in [1.54, 1.807) is 48.0 Å². The van der Waals surface area contributed by atoms with Crippen molar-refractivity contribution < 1.29 is 10.0 Å². The predicted octanol–water partition coefficient (Wildman–Crippen LogP) is 6.84. The van der Waals surface area contributed by atoms with Crippen LogP contribution in [0.2, 0.25) is 0 Å². The SMILES string of the molecule is CCCN(CC)c1nc(-c2ccncc2)c(-c2cccc(N(O)C(=O)Nc3ccc(C)cc3)c2)s1. The smallest absolute Gasteiger partial charge is 0.348 e. The molecule has 2 heterocycles. The second kappa shape index (κ2) is 11.1. The Morgan fingerprint density at radius 2 is 1.77 bits per heavy atom. The molecule has 0 saturated carbocycles. The summed E-state index contributed by atoms with van der Waals surface area (Å²) in [5.41, 5.74) is 4.75. The molecule has 2 aromatic heterocycles. The van der Waals surface area contributed by atoms with Crippen LogP contribution in [-0.4, -0.2) is 34.3 Å². The van der Waals surface area contributed by atoms with E-state index in [1.165, 1.54) is 0 Å². The first-order valence-electron chi connectivity index (χ1n) is 11.6. The standard InChI is InChI=1S/C27H29N5O2S/c1-4-17-31(5-2)27-30-24(20-13-15-28-16-14-20)25(35-27)21-7-6-8-23(18-21)32(34)26(33)29-22-11-9-19(3)10-12-22/h6-16,18,34H,4-5,17H2,1-3H3,(H,29,33). The fourth-order valence-electron chi connectivity index (χ4n) is 3.71. The van der Waals surface area contributed by atoms with Gasteiger partial charge in [-0.15, -0.1) is 0 Å². The fraction of sp³-hybridized carbons (Fsp3) is 0.222. The van der Waals surface area contributed by atoms with Crippen LogP contribution in [0.4, 0.5) is 21.3 Å². The van der Waals surface area contributed by atoms with Crippen LogP contribution in [0.1, 0.15) is 25.8 Å². The van der Waals surface area contributed by atoms with Crippen molar-refractivity contribution in [2.75, 3.05) is 28.4 Å². The molecule has 180 valence electrons. The number of thiazole rings is 1. The third-order valence-electron chi connectivity index (χ3n) is 5.56. The first-order valence-corrected chi connectivity index (χ1v) is 12.4. The summed E-state index contributed by atoms with van der Waals surface area (Å²) in [6, 6.07) is 17.9. The zero-order valence-electron chi connectivity index (χ0n) is 20.1. The van der Waals surface area contributed by atoms with Crippen LogP contribution in [0.15, 0.2) is 73.1 Å². The molecule has 0 unspecified atom stereocenters. The average Bonchev–Trinajstić information content (AvgIpc) is 3.34. The Morgan fingerprint density at radius 1 is 1.03 bits per heavy atom. The average molecular weight is 488 g/mol. The van der Waals surface area contributed by atoms with Crippen molar-refractivity contribution in [3.05, 3.63) is 78.6 Å². The van der Waals surface area contributed by atoms with Gasteiger partial charge in [0.05, 0.1) is 16.3 Å². The monoisotopic (exact) mass is 487 g/mol. The molecule has 2 amide bonds. The highest BCUT2D eigenvalue weighted by Crippen LogP contribution is 2.41. The Bertz CT molecular complexity index is 1270. The first-order chi connectivity index (χ1) is 17.0. The lowest BCUT2D eigenvalue weighted by Gasteiger charge is -2.18. The van der Waals surface area contributed by atoms with E-state index in [0.717, 1.165) is 51.9 Å². The van der Waals surface area contributed by atoms with Crippen LogP contribution in [0, 0.1) is 6.92 Å². The number of hydroxylamine groups is 1. The maximum absolute atomic E-state index is 12.7. The number of benzene rings is 2. The molecule has 0 bridgehead atoms. The van der Waals surface area contributed by atoms with Crippen molar-refractivity contribution in [1.82, 2.24) is 9.97 Å². The molecule has 0 atom stereocenters. The van der Waals surface area contributed by atoms with Gasteiger partial charge in [-0.05, 0) is 62.2 Å². The summed E-state index contributed by atoms with van der Waals surface area (Å²) in [5.74, 6) is 0. The highest BCUT2D eigenvalue weighted by atomic mass is 32.1. The molecule has 2 N–H and O–H groups in total. The van der Waals surface area contributed by atoms with Gasteiger partial charge in [0.25, 0.3) is 0 Å². The van der Waals surface area contributed by atoms with Gasteiger partial charge in [0.2, 0.25) is 0 Å². The molecule has 0 aliphatic heterocycles. The summed E-state index contributed by atoms with van der Waals surface area (Å²) < 4.78 is 0. The Kier molecular flexibility index (Phi) is 7.74. The summed E-state index contributed by atoms with van der Waals surface area (Å²) in [6.07, 6.45) is 4.53. The minimum Gasteiger partial charge on any atom is -0.348 e. The Balaban J connectivity index is 1.67. The van der Waals surface area contributed by atoms with Gasteiger partial charge < -0.3 is 10.2 Å². The number of aromatic nitrogens is 2. The Hall–Kier alpha value is -3.75. The van der Waals surface area contributed by atoms with Gasteiger partial charge in [-0.1, -0.05) is 48.1 Å². The lowest BCUT2D eigenvalue weighted by atomic mass is 10.1. The van der Waals surface area contributed by atoms with E-state index in [-0.39, 0.29) is 0 Å². The molecule has 8 heteroatoms. The van der Waals surface area contributed by atoms with Crippen LogP contribution >= 0.6 is 11.3 Å². The van der Waals surface area contributed by atoms with E-state index in [0.29, 0.717) is 16.4 Å². The molecule has 7 nitrogen and oxygen atoms in total. The number of nitrogens with one attached hydrogen (secondary N) is 1. The lowest BCUT2D eigenvalue weighted by Crippen LogP contribution is -2.31. The van der Waals surface area contributed by atoms with Crippen LogP contribution in [0.25, 0.3) is 21.7 Å². The molecule has 0 saturated heterocycles. The highest BCUT2D eigenvalue weighted by Gasteiger charge is 2.20. The number of amides is 2. The first kappa shape index (κ1) is 24.4. The number of pyridine rings is 1. The fourth-order valence-corrected chi connectivity index (χ4v) is 4.89. The molecule has 0 spiro atoms. The van der Waals surface area contributed by atoms with Crippen LogP contribution < -0.4 is 15.3 Å². The third kappa shape index (κ3) is 5.67. The number of urea groups is 1. The molecule has 0 radical (unpaired) electrons. The zero-order chi connectivity index (χ0) is 24.8. The largest absolute Gasteiger partial charge is 0.350 e. The van der Waals surface area contributed by atoms with Crippen molar-refractivity contribution in [3.63, 3.8) is 0 Å². The zero-order valence-corrected chi connectivity index (χ0v) is 20.9. The van der Waals surface area contributed by atoms with Crippen LogP contribution in [0.3, 0.4) is 0 Å². The number of hydrogen-bond acceptors (Lipinski definition) is 6. The summed E-state index contributed by atoms with van der Waals surface area (Å²) in [5, 5.41) is 15.0. The number of rotatable bonds is 8. The highest BCUT2D eigenvalue weighted by molar-refractivity contribution is 7.19. The molecule has 4 rings (SSSR count). The third-order valence-corrected chi connectivity index (χ3v) is 6.73. The topological polar surface area (TPSA) is 81.6 Å². The molecule has 0 fully saturated rings. The van der Waals surface area contributed by atoms with Crippen molar-refractivity contribution in [1.29, 1.82) is 0 Å². The van der Waals surface area contributed by atoms with Gasteiger partial charge in [0, 0.05) is 36.7 Å². The minimum atomic E-state index is -0.634. The van der Waals surface area contributed by atoms with Gasteiger partial charge in [-0.25, -0.2) is 9.78 Å². The minimum absolute atomic E-state index is 0.364. The van der Waals surface area contributed by atoms with Crippen LogP contribution in [-0.2, 0) is 0 Å². The second-order valence-electron chi connectivity index (χ2n) is 8.15. The lowest BCUT2D eigenvalue weighted by molar-refractivity contribution is 0.216. The van der Waals surface area contributed by atoms with E-state index in [4.69, 9.17) is 4.98 Å². The number of hydrogen-bond donors (Lipinski definition) is 2. The van der Waals surface area contributed by atoms with Gasteiger partial charge in [0.15, 0.2) is 5.13 Å². The molecule has 4 aromatic rings. The van der Waals surface area contributed by atoms with E-state index in [2.05, 4.69) is 29.0 Å². The number of carbonyl (C=O) groups excluding carboxylic acids is 1. The van der Waals surface area contributed by atoms with E-state index < -0.39 is 6.03 Å². The molecule has 0 aliphatic rings. The number of anilines is 3. The second-order valence-corrected chi connectivity index (χ2v) is 9.13. The Morgan fingerprint density at radius 3 is 2.46 bits per heavy atom. The maximum Gasteiger partial charge on any atom is 0.350 e. The van der Waals surface area contributed by atoms with Gasteiger partial charge in [-0.2, -0.15) is 5.06 Å². The number of aryl methyl sites for hydroxylation is 1. The van der Waals surface area contributed by atoms with E-state index in [1.807, 2.05) is 43.3 Å². The van der Waals surface area contributed by atoms with Crippen molar-refractivity contribution in [2.45, 2.75) is 27.2 Å². The predicted molar refractivity (Wildman–Crippen MR) is 143 cm³/mol. The van der Waals surface area contributed by atoms with Gasteiger partial charge in [0.1, 0.15) is 0 Å².